The number of rotatable bonds is 3. The SMILES string of the molecule is Cc1cccc(C)c1-c1ccc2c(n1)oc1c(-c3nc4ccccc4n3C(C)C)cccc12. The molecule has 3 heterocycles. The first-order valence-corrected chi connectivity index (χ1v) is 11.4. The van der Waals surface area contributed by atoms with Crippen molar-refractivity contribution in [3.63, 3.8) is 0 Å². The minimum atomic E-state index is 0.265. The molecule has 4 heteroatoms. The molecule has 33 heavy (non-hydrogen) atoms. The number of hydrogen-bond donors (Lipinski definition) is 0. The maximum Gasteiger partial charge on any atom is 0.227 e. The van der Waals surface area contributed by atoms with E-state index in [4.69, 9.17) is 14.4 Å². The number of para-hydroxylation sites is 3. The fraction of sp³-hybridized carbons (Fsp3) is 0.172. The smallest absolute Gasteiger partial charge is 0.227 e. The molecule has 0 saturated heterocycles. The maximum absolute atomic E-state index is 6.45. The lowest BCUT2D eigenvalue weighted by Gasteiger charge is -2.13. The topological polar surface area (TPSA) is 43.9 Å². The van der Waals surface area contributed by atoms with Crippen LogP contribution in [0.1, 0.15) is 31.0 Å². The van der Waals surface area contributed by atoms with E-state index >= 15 is 0 Å². The molecule has 3 aromatic carbocycles. The molecular weight excluding hydrogens is 406 g/mol. The van der Waals surface area contributed by atoms with Gasteiger partial charge in [0.25, 0.3) is 0 Å². The predicted octanol–water partition coefficient (Wildman–Crippen LogP) is 7.86. The lowest BCUT2D eigenvalue weighted by molar-refractivity contribution is 0.621. The zero-order valence-electron chi connectivity index (χ0n) is 19.3. The van der Waals surface area contributed by atoms with Crippen LogP contribution in [0.5, 0.6) is 0 Å². The van der Waals surface area contributed by atoms with Gasteiger partial charge in [0.15, 0.2) is 0 Å². The van der Waals surface area contributed by atoms with Crippen LogP contribution in [0.15, 0.2) is 77.2 Å². The Kier molecular flexibility index (Phi) is 4.37. The van der Waals surface area contributed by atoms with Gasteiger partial charge in [-0.05, 0) is 69.2 Å². The summed E-state index contributed by atoms with van der Waals surface area (Å²) >= 11 is 0. The summed E-state index contributed by atoms with van der Waals surface area (Å²) in [7, 11) is 0. The van der Waals surface area contributed by atoms with Crippen LogP contribution < -0.4 is 0 Å². The lowest BCUT2D eigenvalue weighted by atomic mass is 9.99. The van der Waals surface area contributed by atoms with Gasteiger partial charge in [-0.1, -0.05) is 42.5 Å². The van der Waals surface area contributed by atoms with Crippen LogP contribution in [0.3, 0.4) is 0 Å². The van der Waals surface area contributed by atoms with E-state index in [0.29, 0.717) is 5.71 Å². The summed E-state index contributed by atoms with van der Waals surface area (Å²) in [6, 6.07) is 25.4. The van der Waals surface area contributed by atoms with Crippen LogP contribution >= 0.6 is 0 Å². The van der Waals surface area contributed by atoms with E-state index in [1.165, 1.54) is 16.7 Å². The molecule has 0 atom stereocenters. The monoisotopic (exact) mass is 431 g/mol. The molecule has 0 N–H and O–H groups in total. The van der Waals surface area contributed by atoms with Crippen molar-refractivity contribution in [1.29, 1.82) is 0 Å². The first-order chi connectivity index (χ1) is 16.0. The van der Waals surface area contributed by atoms with Crippen LogP contribution in [0.2, 0.25) is 0 Å². The van der Waals surface area contributed by atoms with Crippen molar-refractivity contribution in [1.82, 2.24) is 14.5 Å². The van der Waals surface area contributed by atoms with E-state index in [1.807, 2.05) is 6.07 Å². The van der Waals surface area contributed by atoms with E-state index in [0.717, 1.165) is 44.5 Å². The normalized spacial score (nSPS) is 11.9. The fourth-order valence-corrected chi connectivity index (χ4v) is 4.97. The fourth-order valence-electron chi connectivity index (χ4n) is 4.97. The van der Waals surface area contributed by atoms with Gasteiger partial charge in [0.05, 0.1) is 22.3 Å². The minimum absolute atomic E-state index is 0.265. The summed E-state index contributed by atoms with van der Waals surface area (Å²) in [6.45, 7) is 8.63. The Bertz CT molecular complexity index is 1650. The quantitative estimate of drug-likeness (QED) is 0.286. The van der Waals surface area contributed by atoms with Gasteiger partial charge in [0, 0.05) is 22.4 Å². The molecular formula is C29H25N3O. The van der Waals surface area contributed by atoms with Gasteiger partial charge in [-0.3, -0.25) is 0 Å². The predicted molar refractivity (Wildman–Crippen MR) is 136 cm³/mol. The molecule has 0 bridgehead atoms. The molecule has 6 rings (SSSR count). The van der Waals surface area contributed by atoms with E-state index in [9.17, 15) is 0 Å². The number of imidazole rings is 1. The molecule has 0 aliphatic carbocycles. The van der Waals surface area contributed by atoms with Crippen molar-refractivity contribution in [3.05, 3.63) is 83.9 Å². The van der Waals surface area contributed by atoms with Crippen molar-refractivity contribution >= 4 is 33.1 Å². The molecule has 0 amide bonds. The number of aryl methyl sites for hydroxylation is 2. The van der Waals surface area contributed by atoms with Crippen LogP contribution in [0.4, 0.5) is 0 Å². The second kappa shape index (κ2) is 7.31. The Labute approximate surface area is 192 Å². The number of hydrogen-bond acceptors (Lipinski definition) is 3. The van der Waals surface area contributed by atoms with Crippen molar-refractivity contribution in [2.45, 2.75) is 33.7 Å². The Balaban J connectivity index is 1.62. The van der Waals surface area contributed by atoms with E-state index in [2.05, 4.69) is 99.0 Å². The van der Waals surface area contributed by atoms with E-state index < -0.39 is 0 Å². The number of furan rings is 1. The minimum Gasteiger partial charge on any atom is -0.437 e. The number of benzene rings is 3. The van der Waals surface area contributed by atoms with Crippen molar-refractivity contribution < 1.29 is 4.42 Å². The number of pyridine rings is 1. The Morgan fingerprint density at radius 1 is 0.758 bits per heavy atom. The van der Waals surface area contributed by atoms with E-state index in [1.54, 1.807) is 0 Å². The molecule has 0 unspecified atom stereocenters. The highest BCUT2D eigenvalue weighted by atomic mass is 16.3. The third-order valence-electron chi connectivity index (χ3n) is 6.45. The van der Waals surface area contributed by atoms with Crippen molar-refractivity contribution in [2.75, 3.05) is 0 Å². The van der Waals surface area contributed by atoms with Crippen molar-refractivity contribution in [3.8, 4) is 22.6 Å². The molecule has 0 spiro atoms. The zero-order chi connectivity index (χ0) is 22.7. The van der Waals surface area contributed by atoms with Crippen molar-refractivity contribution in [2.24, 2.45) is 0 Å². The molecule has 0 fully saturated rings. The van der Waals surface area contributed by atoms with E-state index in [-0.39, 0.29) is 6.04 Å². The molecule has 3 aromatic heterocycles. The summed E-state index contributed by atoms with van der Waals surface area (Å²) in [5, 5.41) is 2.08. The average Bonchev–Trinajstić information content (AvgIpc) is 3.37. The Hall–Kier alpha value is -3.92. The van der Waals surface area contributed by atoms with Crippen LogP contribution in [0.25, 0.3) is 55.7 Å². The highest BCUT2D eigenvalue weighted by Crippen LogP contribution is 2.38. The molecule has 0 aliphatic heterocycles. The molecule has 0 saturated carbocycles. The second-order valence-corrected chi connectivity index (χ2v) is 8.99. The van der Waals surface area contributed by atoms with Gasteiger partial charge in [0.2, 0.25) is 5.71 Å². The first-order valence-electron chi connectivity index (χ1n) is 11.4. The molecule has 4 nitrogen and oxygen atoms in total. The van der Waals surface area contributed by atoms with Gasteiger partial charge in [-0.2, -0.15) is 0 Å². The molecule has 6 aromatic rings. The zero-order valence-corrected chi connectivity index (χ0v) is 19.3. The second-order valence-electron chi connectivity index (χ2n) is 8.99. The average molecular weight is 432 g/mol. The number of fused-ring (bicyclic) bond motifs is 4. The van der Waals surface area contributed by atoms with Gasteiger partial charge in [-0.15, -0.1) is 0 Å². The summed E-state index contributed by atoms with van der Waals surface area (Å²) in [5.41, 5.74) is 9.13. The number of nitrogens with zero attached hydrogens (tertiary/aromatic N) is 3. The largest absolute Gasteiger partial charge is 0.437 e. The first kappa shape index (κ1) is 19.7. The van der Waals surface area contributed by atoms with Gasteiger partial charge in [-0.25, -0.2) is 9.97 Å². The van der Waals surface area contributed by atoms with Crippen LogP contribution in [-0.4, -0.2) is 14.5 Å². The lowest BCUT2D eigenvalue weighted by Crippen LogP contribution is -2.03. The summed E-state index contributed by atoms with van der Waals surface area (Å²) in [4.78, 5) is 9.94. The standard InChI is InChI=1S/C29H25N3O/c1-17(2)32-25-14-6-5-13-23(25)30-28(32)22-12-8-11-20-21-15-16-24(31-29(21)33-27(20)22)26-18(3)9-7-10-19(26)4/h5-17H,1-4H3. The highest BCUT2D eigenvalue weighted by molar-refractivity contribution is 6.08. The third kappa shape index (κ3) is 2.98. The summed E-state index contributed by atoms with van der Waals surface area (Å²) in [6.07, 6.45) is 0. The summed E-state index contributed by atoms with van der Waals surface area (Å²) < 4.78 is 8.73. The van der Waals surface area contributed by atoms with Crippen LogP contribution in [-0.2, 0) is 0 Å². The van der Waals surface area contributed by atoms with Gasteiger partial charge in [0.1, 0.15) is 11.4 Å². The summed E-state index contributed by atoms with van der Waals surface area (Å²) in [5.74, 6) is 0.922. The highest BCUT2D eigenvalue weighted by Gasteiger charge is 2.20. The Morgan fingerprint density at radius 2 is 1.52 bits per heavy atom. The maximum atomic E-state index is 6.45. The third-order valence-corrected chi connectivity index (χ3v) is 6.45. The molecule has 162 valence electrons. The van der Waals surface area contributed by atoms with Gasteiger partial charge < -0.3 is 8.98 Å². The van der Waals surface area contributed by atoms with Crippen LogP contribution in [0, 0.1) is 13.8 Å². The molecule has 0 aliphatic rings. The number of aromatic nitrogens is 3. The molecule has 0 radical (unpaired) electrons. The Morgan fingerprint density at radius 3 is 2.30 bits per heavy atom. The van der Waals surface area contributed by atoms with Gasteiger partial charge >= 0.3 is 0 Å².